The molecule has 0 saturated heterocycles. The van der Waals surface area contributed by atoms with E-state index in [4.69, 9.17) is 0 Å². The Labute approximate surface area is 70.9 Å². The fraction of sp³-hybridized carbons (Fsp3) is 0.800. The molecule has 0 saturated carbocycles. The zero-order chi connectivity index (χ0) is 8.36. The summed E-state index contributed by atoms with van der Waals surface area (Å²) in [4.78, 5) is 0. The third-order valence-electron chi connectivity index (χ3n) is 1.70. The predicted octanol–water partition coefficient (Wildman–Crippen LogP) is 2.73. The highest BCUT2D eigenvalue weighted by Crippen LogP contribution is 1.96. The van der Waals surface area contributed by atoms with Gasteiger partial charge in [-0.15, -0.1) is 0 Å². The lowest BCUT2D eigenvalue weighted by Crippen LogP contribution is -2.14. The lowest BCUT2D eigenvalue weighted by Gasteiger charge is -1.99. The van der Waals surface area contributed by atoms with E-state index in [-0.39, 0.29) is 0 Å². The molecular weight excluding hydrogens is 134 g/mol. The number of nitrogens with one attached hydrogen (secondary N) is 1. The zero-order valence-electron chi connectivity index (χ0n) is 7.90. The summed E-state index contributed by atoms with van der Waals surface area (Å²) >= 11 is 0. The molecule has 0 aromatic carbocycles. The van der Waals surface area contributed by atoms with Gasteiger partial charge in [0.15, 0.2) is 0 Å². The van der Waals surface area contributed by atoms with Gasteiger partial charge in [-0.2, -0.15) is 0 Å². The highest BCUT2D eigenvalue weighted by Gasteiger charge is 1.85. The van der Waals surface area contributed by atoms with Gasteiger partial charge < -0.3 is 5.32 Å². The van der Waals surface area contributed by atoms with Gasteiger partial charge in [-0.25, -0.2) is 0 Å². The van der Waals surface area contributed by atoms with E-state index in [1.54, 1.807) is 0 Å². The van der Waals surface area contributed by atoms with E-state index in [1.807, 2.05) is 0 Å². The first kappa shape index (κ1) is 10.7. The van der Waals surface area contributed by atoms with Crippen LogP contribution in [0.25, 0.3) is 0 Å². The van der Waals surface area contributed by atoms with E-state index in [0.717, 1.165) is 6.54 Å². The molecule has 0 aliphatic heterocycles. The minimum Gasteiger partial charge on any atom is -0.313 e. The Morgan fingerprint density at radius 1 is 1.18 bits per heavy atom. The number of allylic oxidation sites excluding steroid dienone is 1. The van der Waals surface area contributed by atoms with Gasteiger partial charge in [-0.1, -0.05) is 38.3 Å². The molecule has 66 valence electrons. The number of hydrogen-bond donors (Lipinski definition) is 1. The van der Waals surface area contributed by atoms with E-state index in [2.05, 4.69) is 31.3 Å². The van der Waals surface area contributed by atoms with Gasteiger partial charge in [-0.3, -0.25) is 0 Å². The van der Waals surface area contributed by atoms with Crippen LogP contribution in [0.1, 0.15) is 39.5 Å². The highest BCUT2D eigenvalue weighted by molar-refractivity contribution is 4.78. The summed E-state index contributed by atoms with van der Waals surface area (Å²) in [6.45, 7) is 6.50. The summed E-state index contributed by atoms with van der Waals surface area (Å²) in [6.07, 6.45) is 9.64. The second-order valence-electron chi connectivity index (χ2n) is 2.83. The number of rotatable bonds is 7. The summed E-state index contributed by atoms with van der Waals surface area (Å²) in [7, 11) is 0. The molecular formula is C10H21N. The van der Waals surface area contributed by atoms with Crippen molar-refractivity contribution in [2.24, 2.45) is 0 Å². The van der Waals surface area contributed by atoms with Gasteiger partial charge >= 0.3 is 0 Å². The van der Waals surface area contributed by atoms with Crippen molar-refractivity contribution < 1.29 is 0 Å². The topological polar surface area (TPSA) is 12.0 Å². The number of unbranched alkanes of at least 4 members (excludes halogenated alkanes) is 3. The smallest absolute Gasteiger partial charge is 0.0134 e. The van der Waals surface area contributed by atoms with Crippen LogP contribution in [0, 0.1) is 0 Å². The molecule has 0 rings (SSSR count). The van der Waals surface area contributed by atoms with Gasteiger partial charge in [0.05, 0.1) is 0 Å². The van der Waals surface area contributed by atoms with E-state index in [1.165, 1.54) is 32.2 Å². The van der Waals surface area contributed by atoms with Gasteiger partial charge in [0.2, 0.25) is 0 Å². The van der Waals surface area contributed by atoms with Crippen molar-refractivity contribution in [1.82, 2.24) is 5.32 Å². The molecule has 0 amide bonds. The van der Waals surface area contributed by atoms with Crippen molar-refractivity contribution in [3.63, 3.8) is 0 Å². The maximum Gasteiger partial charge on any atom is 0.0134 e. The average Bonchev–Trinajstić information content (AvgIpc) is 2.03. The van der Waals surface area contributed by atoms with Crippen molar-refractivity contribution in [1.29, 1.82) is 0 Å². The maximum atomic E-state index is 3.36. The highest BCUT2D eigenvalue weighted by atomic mass is 14.8. The summed E-state index contributed by atoms with van der Waals surface area (Å²) < 4.78 is 0. The van der Waals surface area contributed by atoms with E-state index < -0.39 is 0 Å². The normalized spacial score (nSPS) is 11.1. The van der Waals surface area contributed by atoms with Crippen LogP contribution in [0.15, 0.2) is 12.2 Å². The van der Waals surface area contributed by atoms with Gasteiger partial charge in [0, 0.05) is 6.54 Å². The molecule has 0 radical (unpaired) electrons. The molecule has 0 aliphatic carbocycles. The van der Waals surface area contributed by atoms with Crippen LogP contribution in [0.4, 0.5) is 0 Å². The Balaban J connectivity index is 2.79. The summed E-state index contributed by atoms with van der Waals surface area (Å²) in [6, 6.07) is 0. The van der Waals surface area contributed by atoms with Crippen molar-refractivity contribution in [2.75, 3.05) is 13.1 Å². The van der Waals surface area contributed by atoms with Crippen molar-refractivity contribution >= 4 is 0 Å². The van der Waals surface area contributed by atoms with Crippen molar-refractivity contribution in [2.45, 2.75) is 39.5 Å². The van der Waals surface area contributed by atoms with E-state index in [0.29, 0.717) is 0 Å². The average molecular weight is 155 g/mol. The predicted molar refractivity (Wildman–Crippen MR) is 51.8 cm³/mol. The molecule has 0 aromatic rings. The molecule has 0 aliphatic rings. The van der Waals surface area contributed by atoms with E-state index in [9.17, 15) is 0 Å². The number of hydrogen-bond acceptors (Lipinski definition) is 1. The largest absolute Gasteiger partial charge is 0.313 e. The maximum absolute atomic E-state index is 3.36. The fourth-order valence-corrected chi connectivity index (χ4v) is 0.980. The van der Waals surface area contributed by atoms with Crippen LogP contribution in [0.5, 0.6) is 0 Å². The molecule has 0 aromatic heterocycles. The Hall–Kier alpha value is -0.300. The van der Waals surface area contributed by atoms with E-state index >= 15 is 0 Å². The first-order valence-electron chi connectivity index (χ1n) is 4.73. The fourth-order valence-electron chi connectivity index (χ4n) is 0.980. The van der Waals surface area contributed by atoms with Crippen LogP contribution < -0.4 is 5.32 Å². The van der Waals surface area contributed by atoms with Crippen LogP contribution in [-0.4, -0.2) is 13.1 Å². The molecule has 11 heavy (non-hydrogen) atoms. The minimum atomic E-state index is 1.03. The minimum absolute atomic E-state index is 1.03. The first-order valence-corrected chi connectivity index (χ1v) is 4.73. The van der Waals surface area contributed by atoms with Crippen LogP contribution in [0.2, 0.25) is 0 Å². The summed E-state index contributed by atoms with van der Waals surface area (Å²) in [5.41, 5.74) is 0. The van der Waals surface area contributed by atoms with Gasteiger partial charge in [-0.05, 0) is 19.9 Å². The standard InChI is InChI=1S/C10H21N/c1-3-5-7-8-10-11-9-6-4-2/h4,6,11H,3,5,7-10H2,1-2H3. The molecule has 1 nitrogen and oxygen atoms in total. The SMILES string of the molecule is CC=CCNCCCCCC. The summed E-state index contributed by atoms with van der Waals surface area (Å²) in [5, 5.41) is 3.36. The zero-order valence-corrected chi connectivity index (χ0v) is 7.90. The van der Waals surface area contributed by atoms with Crippen LogP contribution in [-0.2, 0) is 0 Å². The second kappa shape index (κ2) is 9.70. The third kappa shape index (κ3) is 9.70. The lowest BCUT2D eigenvalue weighted by molar-refractivity contribution is 0.620. The Morgan fingerprint density at radius 3 is 2.64 bits per heavy atom. The van der Waals surface area contributed by atoms with Crippen molar-refractivity contribution in [3.05, 3.63) is 12.2 Å². The Kier molecular flexibility index (Phi) is 9.44. The molecule has 1 heteroatoms. The van der Waals surface area contributed by atoms with Crippen LogP contribution in [0.3, 0.4) is 0 Å². The molecule has 0 unspecified atom stereocenters. The third-order valence-corrected chi connectivity index (χ3v) is 1.70. The molecule has 1 N–H and O–H groups in total. The molecule has 0 fully saturated rings. The second-order valence-corrected chi connectivity index (χ2v) is 2.83. The monoisotopic (exact) mass is 155 g/mol. The molecule has 0 bridgehead atoms. The molecule has 0 atom stereocenters. The first-order chi connectivity index (χ1) is 5.41. The van der Waals surface area contributed by atoms with Crippen LogP contribution >= 0.6 is 0 Å². The quantitative estimate of drug-likeness (QED) is 0.440. The summed E-state index contributed by atoms with van der Waals surface area (Å²) in [5.74, 6) is 0. The van der Waals surface area contributed by atoms with Gasteiger partial charge in [0.25, 0.3) is 0 Å². The molecule has 0 spiro atoms. The lowest BCUT2D eigenvalue weighted by atomic mass is 10.2. The Bertz CT molecular complexity index is 86.9. The van der Waals surface area contributed by atoms with Crippen molar-refractivity contribution in [3.8, 4) is 0 Å². The molecule has 0 heterocycles. The Morgan fingerprint density at radius 2 is 2.00 bits per heavy atom. The van der Waals surface area contributed by atoms with Gasteiger partial charge in [0.1, 0.15) is 0 Å².